The number of hydrogen-bond donors (Lipinski definition) is 2. The summed E-state index contributed by atoms with van der Waals surface area (Å²) >= 11 is 6.08. The number of aliphatic imine (C=N–C) groups is 1. The molecule has 0 radical (unpaired) electrons. The number of hydrogen-bond acceptors (Lipinski definition) is 5. The van der Waals surface area contributed by atoms with Gasteiger partial charge in [0.25, 0.3) is 0 Å². The molecule has 1 amide bonds. The predicted molar refractivity (Wildman–Crippen MR) is 131 cm³/mol. The van der Waals surface area contributed by atoms with Crippen LogP contribution in [0.2, 0.25) is 5.02 Å². The molecular weight excluding hydrogens is 521 g/mol. The van der Waals surface area contributed by atoms with E-state index in [0.717, 1.165) is 43.5 Å². The number of nitrogens with zero attached hydrogens (tertiary/aromatic N) is 3. The minimum atomic E-state index is 0. The van der Waals surface area contributed by atoms with E-state index in [1.54, 1.807) is 14.2 Å². The molecule has 0 unspecified atom stereocenters. The van der Waals surface area contributed by atoms with E-state index < -0.39 is 0 Å². The smallest absolute Gasteiger partial charge is 0.234 e. The van der Waals surface area contributed by atoms with E-state index >= 15 is 0 Å². The van der Waals surface area contributed by atoms with Gasteiger partial charge in [-0.3, -0.25) is 14.7 Å². The third-order valence-corrected chi connectivity index (χ3v) is 4.88. The maximum atomic E-state index is 11.9. The number of guanidine groups is 1. The number of amides is 1. The van der Waals surface area contributed by atoms with Crippen molar-refractivity contribution in [2.45, 2.75) is 13.5 Å². The van der Waals surface area contributed by atoms with Crippen molar-refractivity contribution in [2.75, 3.05) is 66.6 Å². The van der Waals surface area contributed by atoms with Crippen LogP contribution in [0.5, 0.6) is 5.75 Å². The van der Waals surface area contributed by atoms with Crippen LogP contribution >= 0.6 is 35.6 Å². The molecule has 30 heavy (non-hydrogen) atoms. The molecule has 0 saturated carbocycles. The fourth-order valence-corrected chi connectivity index (χ4v) is 3.30. The topological polar surface area (TPSA) is 78.4 Å². The summed E-state index contributed by atoms with van der Waals surface area (Å²) in [5.74, 6) is 1.66. The number of benzene rings is 1. The molecule has 0 aromatic heterocycles. The lowest BCUT2D eigenvalue weighted by Crippen LogP contribution is -2.54. The van der Waals surface area contributed by atoms with E-state index in [1.165, 1.54) is 0 Å². The Labute approximate surface area is 201 Å². The normalized spacial score (nSPS) is 14.8. The fourth-order valence-electron chi connectivity index (χ4n) is 3.14. The van der Waals surface area contributed by atoms with Crippen molar-refractivity contribution in [1.82, 2.24) is 20.4 Å². The number of carbonyl (C=O) groups excluding carboxylic acids is 1. The number of ether oxygens (including phenoxy) is 2. The lowest BCUT2D eigenvalue weighted by molar-refractivity contribution is -0.122. The average Bonchev–Trinajstić information content (AvgIpc) is 2.71. The van der Waals surface area contributed by atoms with Crippen molar-refractivity contribution in [3.05, 3.63) is 28.8 Å². The Morgan fingerprint density at radius 2 is 1.97 bits per heavy atom. The second kappa shape index (κ2) is 14.7. The van der Waals surface area contributed by atoms with Crippen LogP contribution in [0.15, 0.2) is 23.2 Å². The molecule has 1 aliphatic heterocycles. The Balaban J connectivity index is 0.00000450. The number of halogens is 2. The summed E-state index contributed by atoms with van der Waals surface area (Å²) in [6.45, 7) is 7.85. The van der Waals surface area contributed by atoms with Gasteiger partial charge in [-0.2, -0.15) is 0 Å². The van der Waals surface area contributed by atoms with Crippen LogP contribution in [0, 0.1) is 0 Å². The molecule has 1 aliphatic rings. The van der Waals surface area contributed by atoms with Gasteiger partial charge < -0.3 is 25.0 Å². The van der Waals surface area contributed by atoms with Gasteiger partial charge in [0.2, 0.25) is 5.91 Å². The van der Waals surface area contributed by atoms with Crippen LogP contribution in [-0.2, 0) is 16.1 Å². The molecule has 0 spiro atoms. The summed E-state index contributed by atoms with van der Waals surface area (Å²) < 4.78 is 10.6. The number of piperazine rings is 1. The summed E-state index contributed by atoms with van der Waals surface area (Å²) in [7, 11) is 3.40. The Bertz CT molecular complexity index is 684. The molecule has 0 atom stereocenters. The van der Waals surface area contributed by atoms with Gasteiger partial charge in [-0.25, -0.2) is 0 Å². The van der Waals surface area contributed by atoms with Gasteiger partial charge in [-0.15, -0.1) is 24.0 Å². The van der Waals surface area contributed by atoms with E-state index in [-0.39, 0.29) is 29.9 Å². The van der Waals surface area contributed by atoms with E-state index in [9.17, 15) is 4.79 Å². The van der Waals surface area contributed by atoms with Crippen LogP contribution in [-0.4, -0.2) is 88.3 Å². The highest BCUT2D eigenvalue weighted by Gasteiger charge is 2.21. The summed E-state index contributed by atoms with van der Waals surface area (Å²) in [6, 6.07) is 5.66. The fraction of sp³-hybridized carbons (Fsp3) is 0.600. The van der Waals surface area contributed by atoms with Gasteiger partial charge in [-0.05, 0) is 19.1 Å². The zero-order valence-electron chi connectivity index (χ0n) is 17.9. The minimum Gasteiger partial charge on any atom is -0.493 e. The molecule has 1 saturated heterocycles. The summed E-state index contributed by atoms with van der Waals surface area (Å²) in [4.78, 5) is 20.7. The molecule has 1 fully saturated rings. The molecule has 10 heteroatoms. The van der Waals surface area contributed by atoms with Crippen molar-refractivity contribution < 1.29 is 14.3 Å². The van der Waals surface area contributed by atoms with E-state index in [2.05, 4.69) is 25.4 Å². The molecule has 0 bridgehead atoms. The Kier molecular flexibility index (Phi) is 13.1. The molecule has 1 heterocycles. The molecule has 0 aliphatic carbocycles. The summed E-state index contributed by atoms with van der Waals surface area (Å²) in [6.07, 6.45) is 0. The summed E-state index contributed by atoms with van der Waals surface area (Å²) in [5.41, 5.74) is 1.03. The maximum Gasteiger partial charge on any atom is 0.234 e. The highest BCUT2D eigenvalue weighted by Crippen LogP contribution is 2.23. The monoisotopic (exact) mass is 553 g/mol. The van der Waals surface area contributed by atoms with Gasteiger partial charge in [0.05, 0.1) is 19.8 Å². The third kappa shape index (κ3) is 8.83. The largest absolute Gasteiger partial charge is 0.493 e. The highest BCUT2D eigenvalue weighted by atomic mass is 127. The van der Waals surface area contributed by atoms with E-state index in [1.807, 2.05) is 25.1 Å². The lowest BCUT2D eigenvalue weighted by Gasteiger charge is -2.36. The first-order chi connectivity index (χ1) is 14.1. The number of methoxy groups -OCH3 is 1. The summed E-state index contributed by atoms with van der Waals surface area (Å²) in [5, 5.41) is 6.92. The molecule has 2 N–H and O–H groups in total. The van der Waals surface area contributed by atoms with E-state index in [4.69, 9.17) is 21.1 Å². The SMILES string of the molecule is CCOc1cc(Cl)ccc1CNC(=NC)N1CCN(CC(=O)NCCOC)CC1.I. The van der Waals surface area contributed by atoms with Crippen LogP contribution in [0.1, 0.15) is 12.5 Å². The molecule has 1 aromatic rings. The van der Waals surface area contributed by atoms with Gasteiger partial charge in [0, 0.05) is 64.0 Å². The van der Waals surface area contributed by atoms with Crippen molar-refractivity contribution in [3.8, 4) is 5.75 Å². The standard InChI is InChI=1S/C20H32ClN5O3.HI/c1-4-29-18-13-17(21)6-5-16(18)14-24-20(22-2)26-10-8-25(9-11-26)15-19(27)23-7-12-28-3;/h5-6,13H,4,7-12,14-15H2,1-3H3,(H,22,24)(H,23,27);1H. The maximum absolute atomic E-state index is 11.9. The van der Waals surface area contributed by atoms with E-state index in [0.29, 0.717) is 37.9 Å². The first-order valence-electron chi connectivity index (χ1n) is 9.92. The molecule has 170 valence electrons. The van der Waals surface area contributed by atoms with Crippen molar-refractivity contribution in [1.29, 1.82) is 0 Å². The highest BCUT2D eigenvalue weighted by molar-refractivity contribution is 14.0. The van der Waals surface area contributed by atoms with Gasteiger partial charge in [-0.1, -0.05) is 17.7 Å². The Morgan fingerprint density at radius 3 is 2.60 bits per heavy atom. The van der Waals surface area contributed by atoms with Crippen molar-refractivity contribution in [3.63, 3.8) is 0 Å². The predicted octanol–water partition coefficient (Wildman–Crippen LogP) is 1.81. The molecular formula is C20H33ClIN5O3. The molecule has 1 aromatic carbocycles. The van der Waals surface area contributed by atoms with Crippen LogP contribution in [0.3, 0.4) is 0 Å². The van der Waals surface area contributed by atoms with Crippen molar-refractivity contribution >= 4 is 47.4 Å². The van der Waals surface area contributed by atoms with Gasteiger partial charge >= 0.3 is 0 Å². The number of rotatable bonds is 9. The first-order valence-corrected chi connectivity index (χ1v) is 10.3. The van der Waals surface area contributed by atoms with Crippen molar-refractivity contribution in [2.24, 2.45) is 4.99 Å². The first kappa shape index (κ1) is 26.7. The zero-order valence-corrected chi connectivity index (χ0v) is 21.0. The second-order valence-electron chi connectivity index (χ2n) is 6.69. The van der Waals surface area contributed by atoms with Gasteiger partial charge in [0.1, 0.15) is 5.75 Å². The van der Waals surface area contributed by atoms with Gasteiger partial charge in [0.15, 0.2) is 5.96 Å². The lowest BCUT2D eigenvalue weighted by atomic mass is 10.2. The molecule has 8 nitrogen and oxygen atoms in total. The number of nitrogens with one attached hydrogen (secondary N) is 2. The Morgan fingerprint density at radius 1 is 1.23 bits per heavy atom. The Hall–Kier alpha value is -1.30. The third-order valence-electron chi connectivity index (χ3n) is 4.65. The minimum absolute atomic E-state index is 0. The average molecular weight is 554 g/mol. The van der Waals surface area contributed by atoms with Crippen LogP contribution in [0.4, 0.5) is 0 Å². The zero-order chi connectivity index (χ0) is 21.1. The second-order valence-corrected chi connectivity index (χ2v) is 7.13. The molecule has 2 rings (SSSR count). The van der Waals surface area contributed by atoms with Crippen LogP contribution in [0.25, 0.3) is 0 Å². The van der Waals surface area contributed by atoms with Crippen LogP contribution < -0.4 is 15.4 Å². The quantitative estimate of drug-likeness (QED) is 0.210. The number of carbonyl (C=O) groups is 1.